The fourth-order valence-corrected chi connectivity index (χ4v) is 2.64. The van der Waals surface area contributed by atoms with E-state index in [0.29, 0.717) is 18.5 Å². The minimum Gasteiger partial charge on any atom is -0.351 e. The largest absolute Gasteiger partial charge is 0.351 e. The van der Waals surface area contributed by atoms with Crippen LogP contribution in [0.5, 0.6) is 0 Å². The van der Waals surface area contributed by atoms with Crippen molar-refractivity contribution in [3.63, 3.8) is 0 Å². The third kappa shape index (κ3) is 4.13. The summed E-state index contributed by atoms with van der Waals surface area (Å²) in [6, 6.07) is 7.69. The molecule has 0 spiro atoms. The van der Waals surface area contributed by atoms with Gasteiger partial charge in [0.1, 0.15) is 0 Å². The minimum atomic E-state index is -0.878. The molecule has 1 amide bonds. The smallest absolute Gasteiger partial charge is 0.220 e. The molecular weight excluding hydrogens is 280 g/mol. The fraction of sp³-hybridized carbons (Fsp3) is 0.267. The predicted molar refractivity (Wildman–Crippen MR) is 75.6 cm³/mol. The summed E-state index contributed by atoms with van der Waals surface area (Å²) in [5.74, 6) is -1.84. The van der Waals surface area contributed by atoms with Crippen LogP contribution in [0, 0.1) is 18.6 Å². The van der Waals surface area contributed by atoms with Gasteiger partial charge in [0.05, 0.1) is 6.54 Å². The number of halogens is 2. The van der Waals surface area contributed by atoms with Crippen LogP contribution in [0.15, 0.2) is 30.3 Å². The van der Waals surface area contributed by atoms with Crippen LogP contribution < -0.4 is 5.32 Å². The molecule has 0 atom stereocenters. The fourth-order valence-electron chi connectivity index (χ4n) is 1.81. The lowest BCUT2D eigenvalue weighted by atomic mass is 10.1. The molecule has 5 heteroatoms. The first-order valence-electron chi connectivity index (χ1n) is 6.30. The van der Waals surface area contributed by atoms with Crippen LogP contribution in [-0.4, -0.2) is 5.91 Å². The Hall–Kier alpha value is -1.75. The third-order valence-corrected chi connectivity index (χ3v) is 3.88. The summed E-state index contributed by atoms with van der Waals surface area (Å²) >= 11 is 1.64. The van der Waals surface area contributed by atoms with Gasteiger partial charge in [-0.05, 0) is 43.2 Å². The zero-order valence-corrected chi connectivity index (χ0v) is 11.9. The zero-order valence-electron chi connectivity index (χ0n) is 11.1. The Kier molecular flexibility index (Phi) is 4.84. The first-order valence-corrected chi connectivity index (χ1v) is 7.12. The summed E-state index contributed by atoms with van der Waals surface area (Å²) in [5.41, 5.74) is 0.617. The Labute approximate surface area is 120 Å². The number of aryl methyl sites for hydroxylation is 2. The highest BCUT2D eigenvalue weighted by Crippen LogP contribution is 2.14. The van der Waals surface area contributed by atoms with Gasteiger partial charge in [-0.3, -0.25) is 4.79 Å². The van der Waals surface area contributed by atoms with Crippen molar-refractivity contribution in [3.05, 3.63) is 57.3 Å². The Bertz CT molecular complexity index is 610. The molecule has 0 radical (unpaired) electrons. The van der Waals surface area contributed by atoms with E-state index in [1.54, 1.807) is 11.3 Å². The van der Waals surface area contributed by atoms with Gasteiger partial charge in [-0.1, -0.05) is 6.07 Å². The highest BCUT2D eigenvalue weighted by Gasteiger charge is 2.06. The number of carbonyl (C=O) groups is 1. The van der Waals surface area contributed by atoms with Gasteiger partial charge in [0, 0.05) is 16.2 Å². The summed E-state index contributed by atoms with van der Waals surface area (Å²) < 4.78 is 25.8. The second-order valence-electron chi connectivity index (χ2n) is 4.54. The standard InChI is InChI=1S/C15H15F2NOS/c1-10-2-5-12(20-10)9-18-15(19)7-4-11-3-6-13(16)14(17)8-11/h2-3,5-6,8H,4,7,9H2,1H3,(H,18,19). The highest BCUT2D eigenvalue weighted by molar-refractivity contribution is 7.11. The Balaban J connectivity index is 1.78. The lowest BCUT2D eigenvalue weighted by Gasteiger charge is -2.04. The molecule has 20 heavy (non-hydrogen) atoms. The predicted octanol–water partition coefficient (Wildman–Crippen LogP) is 3.58. The molecule has 1 heterocycles. The van der Waals surface area contributed by atoms with Gasteiger partial charge in [-0.2, -0.15) is 0 Å². The molecule has 1 aromatic heterocycles. The van der Waals surface area contributed by atoms with Gasteiger partial charge in [-0.25, -0.2) is 8.78 Å². The SMILES string of the molecule is Cc1ccc(CNC(=O)CCc2ccc(F)c(F)c2)s1. The van der Waals surface area contributed by atoms with Crippen LogP contribution in [0.4, 0.5) is 8.78 Å². The van der Waals surface area contributed by atoms with Crippen molar-refractivity contribution in [2.75, 3.05) is 0 Å². The molecule has 1 N–H and O–H groups in total. The van der Waals surface area contributed by atoms with Gasteiger partial charge < -0.3 is 5.32 Å². The molecule has 0 aliphatic heterocycles. The van der Waals surface area contributed by atoms with Gasteiger partial charge in [0.25, 0.3) is 0 Å². The molecule has 0 saturated carbocycles. The lowest BCUT2D eigenvalue weighted by molar-refractivity contribution is -0.121. The molecule has 0 aliphatic carbocycles. The maximum atomic E-state index is 13.0. The molecule has 0 aliphatic rings. The van der Waals surface area contributed by atoms with Crippen LogP contribution in [0.1, 0.15) is 21.7 Å². The Morgan fingerprint density at radius 3 is 2.65 bits per heavy atom. The van der Waals surface area contributed by atoms with E-state index in [2.05, 4.69) is 5.32 Å². The van der Waals surface area contributed by atoms with Crippen LogP contribution >= 0.6 is 11.3 Å². The van der Waals surface area contributed by atoms with Crippen molar-refractivity contribution in [1.82, 2.24) is 5.32 Å². The molecule has 2 aromatic rings. The average Bonchev–Trinajstić information content (AvgIpc) is 2.83. The number of hydrogen-bond acceptors (Lipinski definition) is 2. The van der Waals surface area contributed by atoms with E-state index in [9.17, 15) is 13.6 Å². The lowest BCUT2D eigenvalue weighted by Crippen LogP contribution is -2.22. The molecule has 0 fully saturated rings. The van der Waals surface area contributed by atoms with Crippen molar-refractivity contribution in [2.24, 2.45) is 0 Å². The summed E-state index contributed by atoms with van der Waals surface area (Å²) in [7, 11) is 0. The van der Waals surface area contributed by atoms with E-state index in [0.717, 1.165) is 17.0 Å². The van der Waals surface area contributed by atoms with Crippen LogP contribution in [-0.2, 0) is 17.8 Å². The third-order valence-electron chi connectivity index (χ3n) is 2.88. The van der Waals surface area contributed by atoms with Crippen LogP contribution in [0.3, 0.4) is 0 Å². The quantitative estimate of drug-likeness (QED) is 0.897. The van der Waals surface area contributed by atoms with Crippen LogP contribution in [0.2, 0.25) is 0 Å². The number of amides is 1. The summed E-state index contributed by atoms with van der Waals surface area (Å²) in [6.07, 6.45) is 0.655. The van der Waals surface area contributed by atoms with Crippen LogP contribution in [0.25, 0.3) is 0 Å². The number of rotatable bonds is 5. The number of nitrogens with one attached hydrogen (secondary N) is 1. The number of thiophene rings is 1. The molecule has 2 rings (SSSR count). The molecule has 2 nitrogen and oxygen atoms in total. The van der Waals surface area contributed by atoms with Crippen molar-refractivity contribution < 1.29 is 13.6 Å². The van der Waals surface area contributed by atoms with Crippen molar-refractivity contribution in [1.29, 1.82) is 0 Å². The van der Waals surface area contributed by atoms with E-state index in [1.807, 2.05) is 19.1 Å². The minimum absolute atomic E-state index is 0.0965. The second-order valence-corrected chi connectivity index (χ2v) is 5.91. The Morgan fingerprint density at radius 1 is 1.20 bits per heavy atom. The molecule has 0 bridgehead atoms. The first kappa shape index (κ1) is 14.7. The highest BCUT2D eigenvalue weighted by atomic mass is 32.1. The summed E-state index contributed by atoms with van der Waals surface area (Å²) in [6.45, 7) is 2.52. The normalized spacial score (nSPS) is 10.6. The summed E-state index contributed by atoms with van der Waals surface area (Å²) in [5, 5.41) is 2.81. The van der Waals surface area contributed by atoms with E-state index < -0.39 is 11.6 Å². The molecule has 1 aromatic carbocycles. The van der Waals surface area contributed by atoms with Gasteiger partial charge >= 0.3 is 0 Å². The van der Waals surface area contributed by atoms with Crippen molar-refractivity contribution in [3.8, 4) is 0 Å². The van der Waals surface area contributed by atoms with E-state index in [1.165, 1.54) is 10.9 Å². The number of benzene rings is 1. The van der Waals surface area contributed by atoms with E-state index >= 15 is 0 Å². The first-order chi connectivity index (χ1) is 9.54. The van der Waals surface area contributed by atoms with Gasteiger partial charge in [0.2, 0.25) is 5.91 Å². The van der Waals surface area contributed by atoms with Crippen molar-refractivity contribution in [2.45, 2.75) is 26.3 Å². The topological polar surface area (TPSA) is 29.1 Å². The number of carbonyl (C=O) groups excluding carboxylic acids is 1. The van der Waals surface area contributed by atoms with Crippen molar-refractivity contribution >= 4 is 17.2 Å². The van der Waals surface area contributed by atoms with E-state index in [-0.39, 0.29) is 12.3 Å². The maximum Gasteiger partial charge on any atom is 0.220 e. The summed E-state index contributed by atoms with van der Waals surface area (Å²) in [4.78, 5) is 14.0. The number of hydrogen-bond donors (Lipinski definition) is 1. The Morgan fingerprint density at radius 2 is 2.00 bits per heavy atom. The maximum absolute atomic E-state index is 13.0. The van der Waals surface area contributed by atoms with Gasteiger partial charge in [0.15, 0.2) is 11.6 Å². The second kappa shape index (κ2) is 6.61. The molecule has 106 valence electrons. The monoisotopic (exact) mass is 295 g/mol. The molecular formula is C15H15F2NOS. The zero-order chi connectivity index (χ0) is 14.5. The molecule has 0 unspecified atom stereocenters. The molecule has 0 saturated heterocycles. The van der Waals surface area contributed by atoms with E-state index in [4.69, 9.17) is 0 Å². The van der Waals surface area contributed by atoms with Gasteiger partial charge in [-0.15, -0.1) is 11.3 Å². The average molecular weight is 295 g/mol.